The molecule has 0 aliphatic carbocycles. The first-order valence-corrected chi connectivity index (χ1v) is 13.3. The van der Waals surface area contributed by atoms with Crippen molar-refractivity contribution in [1.82, 2.24) is 15.3 Å². The van der Waals surface area contributed by atoms with Gasteiger partial charge in [-0.1, -0.05) is 30.0 Å². The van der Waals surface area contributed by atoms with Gasteiger partial charge in [-0.15, -0.1) is 0 Å². The standard InChI is InChI=1S/C25H26BrN3O5S2/c1-4-28(5-2)21(30)15-34-22-18(26)12-16(13-19(22)33-6-3)14-20-24(32)29(25(35)36-20)27-23(31)17-10-8-7-9-11-17/h7-14H,4-6,15H2,1-3H3,(H,27,31)/b20-14+. The van der Waals surface area contributed by atoms with Gasteiger partial charge in [0.15, 0.2) is 22.4 Å². The van der Waals surface area contributed by atoms with Crippen molar-refractivity contribution >= 4 is 68.0 Å². The Balaban J connectivity index is 1.79. The van der Waals surface area contributed by atoms with Gasteiger partial charge in [-0.25, -0.2) is 0 Å². The largest absolute Gasteiger partial charge is 0.490 e. The number of nitrogens with zero attached hydrogens (tertiary/aromatic N) is 2. The maximum Gasteiger partial charge on any atom is 0.285 e. The number of carbonyl (C=O) groups excluding carboxylic acids is 3. The third kappa shape index (κ3) is 6.65. The number of nitrogens with one attached hydrogen (secondary N) is 1. The molecule has 0 aromatic heterocycles. The van der Waals surface area contributed by atoms with Gasteiger partial charge >= 0.3 is 0 Å². The van der Waals surface area contributed by atoms with E-state index < -0.39 is 11.8 Å². The number of thiocarbonyl (C=S) groups is 1. The SMILES string of the molecule is CCOc1cc(/C=C2/SC(=S)N(NC(=O)c3ccccc3)C2=O)cc(Br)c1OCC(=O)N(CC)CC. The molecule has 0 radical (unpaired) electrons. The second kappa shape index (κ2) is 12.9. The van der Waals surface area contributed by atoms with Gasteiger partial charge in [0.25, 0.3) is 17.7 Å². The normalized spacial score (nSPS) is 14.2. The predicted molar refractivity (Wildman–Crippen MR) is 148 cm³/mol. The number of rotatable bonds is 10. The predicted octanol–water partition coefficient (Wildman–Crippen LogP) is 4.64. The van der Waals surface area contributed by atoms with Crippen LogP contribution in [0, 0.1) is 0 Å². The van der Waals surface area contributed by atoms with E-state index in [1.54, 1.807) is 53.4 Å². The van der Waals surface area contributed by atoms with Crippen molar-refractivity contribution in [3.05, 3.63) is 63.0 Å². The van der Waals surface area contributed by atoms with E-state index in [-0.39, 0.29) is 16.8 Å². The first kappa shape index (κ1) is 27.7. The minimum atomic E-state index is -0.437. The Morgan fingerprint density at radius 2 is 1.83 bits per heavy atom. The minimum absolute atomic E-state index is 0.125. The Labute approximate surface area is 228 Å². The van der Waals surface area contributed by atoms with Gasteiger partial charge in [-0.3, -0.25) is 19.8 Å². The summed E-state index contributed by atoms with van der Waals surface area (Å²) in [4.78, 5) is 39.9. The third-order valence-corrected chi connectivity index (χ3v) is 7.02. The second-order valence-electron chi connectivity index (χ2n) is 7.44. The van der Waals surface area contributed by atoms with Gasteiger partial charge in [-0.2, -0.15) is 5.01 Å². The van der Waals surface area contributed by atoms with Gasteiger partial charge in [0.05, 0.1) is 16.0 Å². The molecule has 1 aliphatic heterocycles. The van der Waals surface area contributed by atoms with Gasteiger partial charge < -0.3 is 14.4 Å². The number of benzene rings is 2. The lowest BCUT2D eigenvalue weighted by Gasteiger charge is -2.20. The third-order valence-electron chi connectivity index (χ3n) is 5.13. The maximum atomic E-state index is 13.0. The molecule has 11 heteroatoms. The summed E-state index contributed by atoms with van der Waals surface area (Å²) in [5.41, 5.74) is 3.63. The molecule has 0 saturated carbocycles. The van der Waals surface area contributed by atoms with E-state index in [0.29, 0.717) is 51.7 Å². The zero-order valence-electron chi connectivity index (χ0n) is 20.1. The smallest absolute Gasteiger partial charge is 0.285 e. The molecule has 1 heterocycles. The molecule has 3 rings (SSSR count). The first-order valence-electron chi connectivity index (χ1n) is 11.3. The number of amides is 3. The van der Waals surface area contributed by atoms with Crippen LogP contribution in [0.15, 0.2) is 51.8 Å². The summed E-state index contributed by atoms with van der Waals surface area (Å²) in [7, 11) is 0. The highest BCUT2D eigenvalue weighted by Crippen LogP contribution is 2.39. The topological polar surface area (TPSA) is 88.2 Å². The lowest BCUT2D eigenvalue weighted by atomic mass is 10.2. The number of hydrazine groups is 1. The molecule has 0 unspecified atom stereocenters. The number of halogens is 1. The molecule has 0 bridgehead atoms. The van der Waals surface area contributed by atoms with Gasteiger partial charge in [0.1, 0.15) is 0 Å². The van der Waals surface area contributed by atoms with Crippen LogP contribution in [0.2, 0.25) is 0 Å². The molecule has 1 fully saturated rings. The maximum absolute atomic E-state index is 13.0. The van der Waals surface area contributed by atoms with Crippen molar-refractivity contribution in [3.8, 4) is 11.5 Å². The monoisotopic (exact) mass is 591 g/mol. The highest BCUT2D eigenvalue weighted by Gasteiger charge is 2.34. The Kier molecular flexibility index (Phi) is 9.91. The summed E-state index contributed by atoms with van der Waals surface area (Å²) in [5.74, 6) is -0.168. The van der Waals surface area contributed by atoms with E-state index in [1.807, 2.05) is 20.8 Å². The molecule has 1 N–H and O–H groups in total. The van der Waals surface area contributed by atoms with E-state index in [0.717, 1.165) is 16.8 Å². The Hall–Kier alpha value is -2.89. The number of hydrogen-bond donors (Lipinski definition) is 1. The van der Waals surface area contributed by atoms with Crippen LogP contribution in [-0.2, 0) is 9.59 Å². The molecule has 2 aromatic carbocycles. The van der Waals surface area contributed by atoms with E-state index >= 15 is 0 Å². The van der Waals surface area contributed by atoms with Crippen LogP contribution >= 0.6 is 39.9 Å². The van der Waals surface area contributed by atoms with Gasteiger partial charge in [0, 0.05) is 18.7 Å². The molecule has 190 valence electrons. The molecule has 1 aliphatic rings. The molecular weight excluding hydrogens is 566 g/mol. The fraction of sp³-hybridized carbons (Fsp3) is 0.280. The number of likely N-dealkylation sites (N-methyl/N-ethyl adjacent to an activating group) is 1. The number of thioether (sulfide) groups is 1. The number of hydrogen-bond acceptors (Lipinski definition) is 7. The van der Waals surface area contributed by atoms with E-state index in [4.69, 9.17) is 21.7 Å². The van der Waals surface area contributed by atoms with E-state index in [1.165, 1.54) is 0 Å². The second-order valence-corrected chi connectivity index (χ2v) is 9.97. The fourth-order valence-electron chi connectivity index (χ4n) is 3.35. The molecule has 0 atom stereocenters. The lowest BCUT2D eigenvalue weighted by molar-refractivity contribution is -0.133. The minimum Gasteiger partial charge on any atom is -0.490 e. The summed E-state index contributed by atoms with van der Waals surface area (Å²) < 4.78 is 12.3. The average Bonchev–Trinajstić information content (AvgIpc) is 3.12. The quantitative estimate of drug-likeness (QED) is 0.318. The molecule has 2 aromatic rings. The van der Waals surface area contributed by atoms with Gasteiger partial charge in [0.2, 0.25) is 0 Å². The summed E-state index contributed by atoms with van der Waals surface area (Å²) >= 11 is 9.89. The van der Waals surface area contributed by atoms with E-state index in [2.05, 4.69) is 21.4 Å². The molecule has 0 spiro atoms. The molecule has 1 saturated heterocycles. The summed E-state index contributed by atoms with van der Waals surface area (Å²) in [6.45, 7) is 7.11. The number of carbonyl (C=O) groups is 3. The van der Waals surface area contributed by atoms with E-state index in [9.17, 15) is 14.4 Å². The lowest BCUT2D eigenvalue weighted by Crippen LogP contribution is -2.44. The summed E-state index contributed by atoms with van der Waals surface area (Å²) in [6.07, 6.45) is 1.66. The van der Waals surface area contributed by atoms with Crippen LogP contribution in [0.3, 0.4) is 0 Å². The Morgan fingerprint density at radius 1 is 1.14 bits per heavy atom. The number of ether oxygens (including phenoxy) is 2. The molecule has 36 heavy (non-hydrogen) atoms. The highest BCUT2D eigenvalue weighted by atomic mass is 79.9. The molecule has 3 amide bonds. The average molecular weight is 593 g/mol. The van der Waals surface area contributed by atoms with Crippen molar-refractivity contribution in [2.75, 3.05) is 26.3 Å². The van der Waals surface area contributed by atoms with Crippen molar-refractivity contribution in [2.45, 2.75) is 20.8 Å². The van der Waals surface area contributed by atoms with Crippen molar-refractivity contribution in [2.24, 2.45) is 0 Å². The van der Waals surface area contributed by atoms with Crippen LogP contribution in [0.1, 0.15) is 36.7 Å². The zero-order chi connectivity index (χ0) is 26.2. The van der Waals surface area contributed by atoms with Crippen molar-refractivity contribution in [3.63, 3.8) is 0 Å². The Morgan fingerprint density at radius 3 is 2.47 bits per heavy atom. The molecule has 8 nitrogen and oxygen atoms in total. The Bertz CT molecular complexity index is 1190. The zero-order valence-corrected chi connectivity index (χ0v) is 23.3. The highest BCUT2D eigenvalue weighted by molar-refractivity contribution is 9.10. The van der Waals surface area contributed by atoms with Crippen LogP contribution in [0.25, 0.3) is 6.08 Å². The van der Waals surface area contributed by atoms with Crippen LogP contribution in [0.4, 0.5) is 0 Å². The molecular formula is C25H26BrN3O5S2. The van der Waals surface area contributed by atoms with Crippen LogP contribution < -0.4 is 14.9 Å². The summed E-state index contributed by atoms with van der Waals surface area (Å²) in [5, 5.41) is 1.07. The van der Waals surface area contributed by atoms with Crippen molar-refractivity contribution < 1.29 is 23.9 Å². The first-order chi connectivity index (χ1) is 17.3. The van der Waals surface area contributed by atoms with Gasteiger partial charge in [-0.05, 0) is 84.8 Å². The fourth-order valence-corrected chi connectivity index (χ4v) is 5.10. The van der Waals surface area contributed by atoms with Crippen molar-refractivity contribution in [1.29, 1.82) is 0 Å². The van der Waals surface area contributed by atoms with Crippen LogP contribution in [-0.4, -0.2) is 58.3 Å². The summed E-state index contributed by atoms with van der Waals surface area (Å²) in [6, 6.07) is 12.0. The van der Waals surface area contributed by atoms with Crippen LogP contribution in [0.5, 0.6) is 11.5 Å².